The number of halogens is 1. The van der Waals surface area contributed by atoms with Gasteiger partial charge in [0, 0.05) is 15.7 Å². The fourth-order valence-electron chi connectivity index (χ4n) is 3.30. The van der Waals surface area contributed by atoms with E-state index in [2.05, 4.69) is 37.1 Å². The molecule has 0 saturated carbocycles. The smallest absolute Gasteiger partial charge is 0.338 e. The van der Waals surface area contributed by atoms with Crippen molar-refractivity contribution in [2.45, 2.75) is 26.8 Å². The Balaban J connectivity index is 1.71. The largest absolute Gasteiger partial charge is 0.483 e. The van der Waals surface area contributed by atoms with Crippen molar-refractivity contribution < 1.29 is 19.1 Å². The van der Waals surface area contributed by atoms with Crippen molar-refractivity contribution in [3.05, 3.63) is 74.9 Å². The SMILES string of the molecule is CCOC(=O)C1=C(C)NC(=S)N[C@@H]1c1ccccc1OCC(=O)NN=Cc1ccc(C)c(Br)c1. The van der Waals surface area contributed by atoms with Gasteiger partial charge < -0.3 is 20.1 Å². The summed E-state index contributed by atoms with van der Waals surface area (Å²) in [5, 5.41) is 10.4. The van der Waals surface area contributed by atoms with Gasteiger partial charge in [0.05, 0.1) is 24.4 Å². The van der Waals surface area contributed by atoms with E-state index in [1.54, 1.807) is 38.3 Å². The van der Waals surface area contributed by atoms with E-state index in [1.165, 1.54) is 0 Å². The molecule has 10 heteroatoms. The molecule has 8 nitrogen and oxygen atoms in total. The van der Waals surface area contributed by atoms with Gasteiger partial charge in [-0.25, -0.2) is 10.2 Å². The molecule has 1 amide bonds. The van der Waals surface area contributed by atoms with E-state index in [9.17, 15) is 9.59 Å². The number of thiocarbonyl (C=S) groups is 1. The summed E-state index contributed by atoms with van der Waals surface area (Å²) < 4.78 is 12.0. The molecule has 2 aromatic rings. The van der Waals surface area contributed by atoms with E-state index in [0.29, 0.717) is 27.7 Å². The summed E-state index contributed by atoms with van der Waals surface area (Å²) in [7, 11) is 0. The standard InChI is InChI=1S/C24H25BrN4O4S/c1-4-32-23(31)21-15(3)27-24(34)28-22(21)17-7-5-6-8-19(17)33-13-20(30)29-26-12-16-10-9-14(2)18(25)11-16/h5-12,22H,4,13H2,1-3H3,(H,29,30)(H2,27,28,34)/t22-/m1/s1. The van der Waals surface area contributed by atoms with Crippen LogP contribution in [0.15, 0.2) is 63.3 Å². The molecule has 1 aliphatic heterocycles. The Kier molecular flexibility index (Phi) is 8.78. The molecule has 178 valence electrons. The van der Waals surface area contributed by atoms with Crippen LogP contribution in [0.25, 0.3) is 0 Å². The number of para-hydroxylation sites is 1. The normalized spacial score (nSPS) is 15.5. The molecule has 1 heterocycles. The molecule has 3 rings (SSSR count). The Morgan fingerprint density at radius 3 is 2.74 bits per heavy atom. The maximum atomic E-state index is 12.6. The number of esters is 1. The molecule has 1 aliphatic rings. The molecule has 0 aromatic heterocycles. The van der Waals surface area contributed by atoms with Crippen LogP contribution in [-0.4, -0.2) is 36.4 Å². The number of aryl methyl sites for hydroxylation is 1. The highest BCUT2D eigenvalue weighted by atomic mass is 79.9. The van der Waals surface area contributed by atoms with Gasteiger partial charge in [0.25, 0.3) is 5.91 Å². The van der Waals surface area contributed by atoms with Crippen LogP contribution < -0.4 is 20.8 Å². The number of rotatable bonds is 8. The molecule has 34 heavy (non-hydrogen) atoms. The van der Waals surface area contributed by atoms with Crippen LogP contribution in [0.5, 0.6) is 5.75 Å². The molecule has 0 spiro atoms. The van der Waals surface area contributed by atoms with Gasteiger partial charge in [0.1, 0.15) is 5.75 Å². The highest BCUT2D eigenvalue weighted by Gasteiger charge is 2.32. The average Bonchev–Trinajstić information content (AvgIpc) is 2.80. The molecule has 0 fully saturated rings. The molecule has 0 radical (unpaired) electrons. The van der Waals surface area contributed by atoms with Gasteiger partial charge >= 0.3 is 5.97 Å². The van der Waals surface area contributed by atoms with Gasteiger partial charge in [-0.1, -0.05) is 46.3 Å². The Hall–Kier alpha value is -3.24. The summed E-state index contributed by atoms with van der Waals surface area (Å²) in [6, 6.07) is 12.3. The van der Waals surface area contributed by atoms with Crippen LogP contribution in [0.2, 0.25) is 0 Å². The van der Waals surface area contributed by atoms with Gasteiger partial charge in [0.15, 0.2) is 11.7 Å². The Morgan fingerprint density at radius 2 is 2.00 bits per heavy atom. The second-order valence-electron chi connectivity index (χ2n) is 7.42. The number of carbonyl (C=O) groups is 2. The lowest BCUT2D eigenvalue weighted by atomic mass is 9.95. The van der Waals surface area contributed by atoms with Crippen molar-refractivity contribution in [1.29, 1.82) is 0 Å². The lowest BCUT2D eigenvalue weighted by Gasteiger charge is -2.30. The number of amides is 1. The predicted molar refractivity (Wildman–Crippen MR) is 137 cm³/mol. The molecular weight excluding hydrogens is 520 g/mol. The van der Waals surface area contributed by atoms with Crippen molar-refractivity contribution in [2.75, 3.05) is 13.2 Å². The molecule has 0 bridgehead atoms. The summed E-state index contributed by atoms with van der Waals surface area (Å²) >= 11 is 8.75. The Bertz CT molecular complexity index is 1170. The first-order valence-electron chi connectivity index (χ1n) is 10.5. The number of ether oxygens (including phenoxy) is 2. The number of hydrogen-bond acceptors (Lipinski definition) is 6. The molecule has 0 unspecified atom stereocenters. The second kappa shape index (κ2) is 11.8. The highest BCUT2D eigenvalue weighted by molar-refractivity contribution is 9.10. The van der Waals surface area contributed by atoms with Crippen LogP contribution in [0, 0.1) is 6.92 Å². The van der Waals surface area contributed by atoms with E-state index in [1.807, 2.05) is 31.2 Å². The topological polar surface area (TPSA) is 101 Å². The first-order chi connectivity index (χ1) is 16.3. The highest BCUT2D eigenvalue weighted by Crippen LogP contribution is 2.33. The van der Waals surface area contributed by atoms with E-state index in [0.717, 1.165) is 15.6 Å². The van der Waals surface area contributed by atoms with Gasteiger partial charge in [0.2, 0.25) is 0 Å². The van der Waals surface area contributed by atoms with E-state index in [4.69, 9.17) is 21.7 Å². The number of nitrogens with one attached hydrogen (secondary N) is 3. The maximum Gasteiger partial charge on any atom is 0.338 e. The summed E-state index contributed by atoms with van der Waals surface area (Å²) in [5.74, 6) is -0.457. The van der Waals surface area contributed by atoms with E-state index >= 15 is 0 Å². The number of allylic oxidation sites excluding steroid dienone is 1. The van der Waals surface area contributed by atoms with Crippen molar-refractivity contribution >= 4 is 51.4 Å². The summed E-state index contributed by atoms with van der Waals surface area (Å²) in [4.78, 5) is 24.9. The van der Waals surface area contributed by atoms with Crippen molar-refractivity contribution in [2.24, 2.45) is 5.10 Å². The lowest BCUT2D eigenvalue weighted by Crippen LogP contribution is -2.45. The first kappa shape index (κ1) is 25.4. The van der Waals surface area contributed by atoms with Crippen molar-refractivity contribution in [1.82, 2.24) is 16.1 Å². The number of hydrogen-bond donors (Lipinski definition) is 3. The van der Waals surface area contributed by atoms with Crippen molar-refractivity contribution in [3.63, 3.8) is 0 Å². The van der Waals surface area contributed by atoms with Gasteiger partial charge in [-0.3, -0.25) is 4.79 Å². The fraction of sp³-hybridized carbons (Fsp3) is 0.250. The van der Waals surface area contributed by atoms with Crippen LogP contribution in [0.3, 0.4) is 0 Å². The third-order valence-corrected chi connectivity index (χ3v) is 6.03. The molecule has 0 saturated heterocycles. The molecule has 3 N–H and O–H groups in total. The lowest BCUT2D eigenvalue weighted by molar-refractivity contribution is -0.139. The minimum atomic E-state index is -0.593. The minimum Gasteiger partial charge on any atom is -0.483 e. The van der Waals surface area contributed by atoms with Gasteiger partial charge in [-0.05, 0) is 56.2 Å². The second-order valence-corrected chi connectivity index (χ2v) is 8.68. The summed E-state index contributed by atoms with van der Waals surface area (Å²) in [6.07, 6.45) is 1.55. The zero-order valence-corrected chi connectivity index (χ0v) is 21.4. The number of carbonyl (C=O) groups excluding carboxylic acids is 2. The minimum absolute atomic E-state index is 0.241. The zero-order chi connectivity index (χ0) is 24.7. The third kappa shape index (κ3) is 6.42. The fourth-order valence-corrected chi connectivity index (χ4v) is 3.97. The van der Waals surface area contributed by atoms with E-state index < -0.39 is 17.9 Å². The van der Waals surface area contributed by atoms with Gasteiger partial charge in [-0.15, -0.1) is 0 Å². The summed E-state index contributed by atoms with van der Waals surface area (Å²) in [6.45, 7) is 5.46. The summed E-state index contributed by atoms with van der Waals surface area (Å²) in [5.41, 5.74) is 6.03. The maximum absolute atomic E-state index is 12.6. The van der Waals surface area contributed by atoms with Crippen LogP contribution in [0.1, 0.15) is 36.6 Å². The van der Waals surface area contributed by atoms with E-state index in [-0.39, 0.29) is 13.2 Å². The molecular formula is C24H25BrN4O4S. The van der Waals surface area contributed by atoms with Crippen LogP contribution in [0.4, 0.5) is 0 Å². The molecule has 0 aliphatic carbocycles. The first-order valence-corrected chi connectivity index (χ1v) is 11.8. The third-order valence-electron chi connectivity index (χ3n) is 4.95. The average molecular weight is 545 g/mol. The van der Waals surface area contributed by atoms with Gasteiger partial charge in [-0.2, -0.15) is 5.10 Å². The number of hydrazone groups is 1. The monoisotopic (exact) mass is 544 g/mol. The molecule has 2 aromatic carbocycles. The van der Waals surface area contributed by atoms with Crippen LogP contribution >= 0.6 is 28.1 Å². The Labute approximate surface area is 211 Å². The quantitative estimate of drug-likeness (QED) is 0.202. The van der Waals surface area contributed by atoms with Crippen LogP contribution in [-0.2, 0) is 14.3 Å². The predicted octanol–water partition coefficient (Wildman–Crippen LogP) is 3.64. The molecule has 1 atom stereocenters. The number of nitrogens with zero attached hydrogens (tertiary/aromatic N) is 1. The zero-order valence-electron chi connectivity index (χ0n) is 19.0. The Morgan fingerprint density at radius 1 is 1.24 bits per heavy atom. The number of benzene rings is 2. The van der Waals surface area contributed by atoms with Crippen molar-refractivity contribution in [3.8, 4) is 5.75 Å².